The Balaban J connectivity index is 2.02. The van der Waals surface area contributed by atoms with Gasteiger partial charge in [-0.05, 0) is 43.7 Å². The third-order valence-electron chi connectivity index (χ3n) is 4.05. The van der Waals surface area contributed by atoms with Crippen LogP contribution in [0.4, 0.5) is 4.39 Å². The molecule has 0 atom stereocenters. The zero-order chi connectivity index (χ0) is 13.8. The van der Waals surface area contributed by atoms with Crippen molar-refractivity contribution in [1.82, 2.24) is 4.90 Å². The molecule has 1 aromatic carbocycles. The van der Waals surface area contributed by atoms with Crippen molar-refractivity contribution in [2.45, 2.75) is 31.7 Å². The largest absolute Gasteiger partial charge is 0.396 e. The summed E-state index contributed by atoms with van der Waals surface area (Å²) in [6, 6.07) is 6.23. The van der Waals surface area contributed by atoms with Crippen LogP contribution in [0.5, 0.6) is 0 Å². The number of hydrogen-bond acceptors (Lipinski definition) is 2. The lowest BCUT2D eigenvalue weighted by Crippen LogP contribution is -2.40. The second kappa shape index (κ2) is 6.15. The molecule has 3 nitrogen and oxygen atoms in total. The average molecular weight is 265 g/mol. The highest BCUT2D eigenvalue weighted by atomic mass is 19.1. The van der Waals surface area contributed by atoms with E-state index in [9.17, 15) is 9.18 Å². The fourth-order valence-corrected chi connectivity index (χ4v) is 2.71. The fraction of sp³-hybridized carbons (Fsp3) is 0.533. The molecule has 1 aliphatic carbocycles. The van der Waals surface area contributed by atoms with E-state index in [1.165, 1.54) is 12.1 Å². The van der Waals surface area contributed by atoms with E-state index in [1.54, 1.807) is 24.1 Å². The molecule has 19 heavy (non-hydrogen) atoms. The van der Waals surface area contributed by atoms with E-state index >= 15 is 0 Å². The van der Waals surface area contributed by atoms with Gasteiger partial charge in [0.15, 0.2) is 0 Å². The zero-order valence-electron chi connectivity index (χ0n) is 11.2. The zero-order valence-corrected chi connectivity index (χ0v) is 11.2. The first-order chi connectivity index (χ1) is 9.13. The molecule has 0 saturated heterocycles. The van der Waals surface area contributed by atoms with Gasteiger partial charge in [0.25, 0.3) is 5.91 Å². The van der Waals surface area contributed by atoms with Crippen LogP contribution in [0, 0.1) is 11.7 Å². The van der Waals surface area contributed by atoms with Gasteiger partial charge in [-0.15, -0.1) is 0 Å². The van der Waals surface area contributed by atoms with E-state index in [2.05, 4.69) is 0 Å². The predicted molar refractivity (Wildman–Crippen MR) is 71.3 cm³/mol. The van der Waals surface area contributed by atoms with E-state index < -0.39 is 5.82 Å². The van der Waals surface area contributed by atoms with Crippen LogP contribution in [0.2, 0.25) is 0 Å². The molecule has 1 N–H and O–H groups in total. The minimum Gasteiger partial charge on any atom is -0.396 e. The number of rotatable bonds is 3. The van der Waals surface area contributed by atoms with Crippen LogP contribution < -0.4 is 0 Å². The van der Waals surface area contributed by atoms with Crippen molar-refractivity contribution in [1.29, 1.82) is 0 Å². The predicted octanol–water partition coefficient (Wildman–Crippen LogP) is 2.45. The van der Waals surface area contributed by atoms with Gasteiger partial charge in [-0.1, -0.05) is 12.1 Å². The number of nitrogens with zero attached hydrogens (tertiary/aromatic N) is 1. The van der Waals surface area contributed by atoms with Crippen molar-refractivity contribution in [2.75, 3.05) is 13.7 Å². The molecule has 104 valence electrons. The van der Waals surface area contributed by atoms with Crippen LogP contribution in [0.3, 0.4) is 0 Å². The first kappa shape index (κ1) is 14.0. The van der Waals surface area contributed by atoms with Crippen molar-refractivity contribution in [3.63, 3.8) is 0 Å². The number of carbonyl (C=O) groups is 1. The molecule has 0 aromatic heterocycles. The summed E-state index contributed by atoms with van der Waals surface area (Å²) in [6.45, 7) is 0.220. The van der Waals surface area contributed by atoms with Crippen molar-refractivity contribution in [2.24, 2.45) is 5.92 Å². The molecule has 1 fully saturated rings. The quantitative estimate of drug-likeness (QED) is 0.912. The summed E-state index contributed by atoms with van der Waals surface area (Å²) in [5, 5.41) is 9.11. The first-order valence-corrected chi connectivity index (χ1v) is 6.76. The third-order valence-corrected chi connectivity index (χ3v) is 4.05. The molecule has 1 amide bonds. The topological polar surface area (TPSA) is 40.5 Å². The summed E-state index contributed by atoms with van der Waals surface area (Å²) >= 11 is 0. The summed E-state index contributed by atoms with van der Waals surface area (Å²) < 4.78 is 13.6. The van der Waals surface area contributed by atoms with Gasteiger partial charge in [0.05, 0.1) is 5.56 Å². The Bertz CT molecular complexity index is 442. The van der Waals surface area contributed by atoms with E-state index in [1.807, 2.05) is 0 Å². The number of aliphatic hydroxyl groups is 1. The Morgan fingerprint density at radius 1 is 1.32 bits per heavy atom. The lowest BCUT2D eigenvalue weighted by molar-refractivity contribution is 0.0648. The van der Waals surface area contributed by atoms with Gasteiger partial charge in [-0.3, -0.25) is 4.79 Å². The number of hydrogen-bond donors (Lipinski definition) is 1. The lowest BCUT2D eigenvalue weighted by Gasteiger charge is -2.34. The van der Waals surface area contributed by atoms with Crippen LogP contribution in [0.1, 0.15) is 36.0 Å². The molecule has 0 radical (unpaired) electrons. The van der Waals surface area contributed by atoms with Crippen molar-refractivity contribution < 1.29 is 14.3 Å². The first-order valence-electron chi connectivity index (χ1n) is 6.76. The Kier molecular flexibility index (Phi) is 4.53. The molecule has 1 saturated carbocycles. The molecule has 0 spiro atoms. The van der Waals surface area contributed by atoms with Gasteiger partial charge >= 0.3 is 0 Å². The maximum absolute atomic E-state index is 13.6. The number of aliphatic hydroxyl groups excluding tert-OH is 1. The Morgan fingerprint density at radius 2 is 1.95 bits per heavy atom. The van der Waals surface area contributed by atoms with E-state index in [-0.39, 0.29) is 24.1 Å². The van der Waals surface area contributed by atoms with E-state index in [0.717, 1.165) is 25.7 Å². The smallest absolute Gasteiger partial charge is 0.256 e. The summed E-state index contributed by atoms with van der Waals surface area (Å²) in [7, 11) is 1.73. The second-order valence-electron chi connectivity index (χ2n) is 5.25. The van der Waals surface area contributed by atoms with Crippen LogP contribution >= 0.6 is 0 Å². The molecule has 0 aliphatic heterocycles. The minimum absolute atomic E-state index is 0.134. The molecule has 0 heterocycles. The highest BCUT2D eigenvalue weighted by Gasteiger charge is 2.27. The van der Waals surface area contributed by atoms with Gasteiger partial charge in [0.2, 0.25) is 0 Å². The highest BCUT2D eigenvalue weighted by Crippen LogP contribution is 2.27. The van der Waals surface area contributed by atoms with Gasteiger partial charge in [-0.2, -0.15) is 0 Å². The van der Waals surface area contributed by atoms with Crippen LogP contribution in [-0.4, -0.2) is 35.6 Å². The normalized spacial score (nSPS) is 23.1. The van der Waals surface area contributed by atoms with Crippen molar-refractivity contribution in [3.8, 4) is 0 Å². The number of amides is 1. The molecule has 4 heteroatoms. The standard InChI is InChI=1S/C15H20FNO2/c1-17(12-8-6-11(10-18)7-9-12)15(19)13-4-2-3-5-14(13)16/h2-5,11-12,18H,6-10H2,1H3. The molecule has 0 bridgehead atoms. The number of benzene rings is 1. The Hall–Kier alpha value is -1.42. The van der Waals surface area contributed by atoms with E-state index in [4.69, 9.17) is 5.11 Å². The van der Waals surface area contributed by atoms with E-state index in [0.29, 0.717) is 5.92 Å². The Morgan fingerprint density at radius 3 is 2.53 bits per heavy atom. The van der Waals surface area contributed by atoms with Crippen molar-refractivity contribution >= 4 is 5.91 Å². The average Bonchev–Trinajstić information content (AvgIpc) is 2.46. The van der Waals surface area contributed by atoms with Crippen LogP contribution in [0.25, 0.3) is 0 Å². The fourth-order valence-electron chi connectivity index (χ4n) is 2.71. The molecule has 0 unspecified atom stereocenters. The van der Waals surface area contributed by atoms with Crippen LogP contribution in [0.15, 0.2) is 24.3 Å². The Labute approximate surface area is 113 Å². The van der Waals surface area contributed by atoms with Crippen LogP contribution in [-0.2, 0) is 0 Å². The second-order valence-corrected chi connectivity index (χ2v) is 5.25. The number of carbonyl (C=O) groups excluding carboxylic acids is 1. The monoisotopic (exact) mass is 265 g/mol. The third kappa shape index (κ3) is 3.13. The minimum atomic E-state index is -0.469. The summed E-state index contributed by atoms with van der Waals surface area (Å²) in [6.07, 6.45) is 3.61. The van der Waals surface area contributed by atoms with Crippen molar-refractivity contribution in [3.05, 3.63) is 35.6 Å². The molecular formula is C15H20FNO2. The molecule has 1 aromatic rings. The van der Waals surface area contributed by atoms with Gasteiger partial charge in [-0.25, -0.2) is 4.39 Å². The highest BCUT2D eigenvalue weighted by molar-refractivity contribution is 5.94. The summed E-state index contributed by atoms with van der Waals surface area (Å²) in [5.41, 5.74) is 0.134. The number of halogens is 1. The summed E-state index contributed by atoms with van der Waals surface area (Å²) in [4.78, 5) is 13.9. The SMILES string of the molecule is CN(C(=O)c1ccccc1F)C1CCC(CO)CC1. The molecule has 1 aliphatic rings. The lowest BCUT2D eigenvalue weighted by atomic mass is 9.86. The molecular weight excluding hydrogens is 245 g/mol. The molecule has 2 rings (SSSR count). The van der Waals surface area contributed by atoms with Gasteiger partial charge in [0.1, 0.15) is 5.82 Å². The summed E-state index contributed by atoms with van der Waals surface area (Å²) in [5.74, 6) is -0.373. The maximum atomic E-state index is 13.6. The maximum Gasteiger partial charge on any atom is 0.256 e. The van der Waals surface area contributed by atoms with Gasteiger partial charge in [0, 0.05) is 19.7 Å². The van der Waals surface area contributed by atoms with Gasteiger partial charge < -0.3 is 10.0 Å².